The smallest absolute Gasteiger partial charge is 0.302 e. The molecule has 0 saturated heterocycles. The van der Waals surface area contributed by atoms with E-state index in [1.165, 1.54) is 32.6 Å². The zero-order valence-corrected chi connectivity index (χ0v) is 13.5. The quantitative estimate of drug-likeness (QED) is 0.452. The largest absolute Gasteiger partial charge is 0.463 e. The van der Waals surface area contributed by atoms with Gasteiger partial charge in [-0.15, -0.1) is 0 Å². The van der Waals surface area contributed by atoms with Crippen LogP contribution in [0.5, 0.6) is 0 Å². The van der Waals surface area contributed by atoms with Gasteiger partial charge in [-0.1, -0.05) is 39.5 Å². The fourth-order valence-electron chi connectivity index (χ4n) is 1.65. The van der Waals surface area contributed by atoms with E-state index in [0.717, 1.165) is 25.7 Å². The lowest BCUT2D eigenvalue weighted by atomic mass is 10.1. The molecule has 0 aromatic heterocycles. The van der Waals surface area contributed by atoms with Crippen molar-refractivity contribution >= 4 is 11.8 Å². The van der Waals surface area contributed by atoms with E-state index in [-0.39, 0.29) is 12.1 Å². The van der Waals surface area contributed by atoms with Crippen LogP contribution in [-0.4, -0.2) is 17.9 Å². The van der Waals surface area contributed by atoms with Crippen molar-refractivity contribution in [3.8, 4) is 0 Å². The molecule has 0 aromatic carbocycles. The predicted octanol–water partition coefficient (Wildman–Crippen LogP) is 4.67. The highest BCUT2D eigenvalue weighted by Gasteiger charge is 2.03. The summed E-state index contributed by atoms with van der Waals surface area (Å²) < 4.78 is 4.96. The number of ketones is 1. The van der Waals surface area contributed by atoms with E-state index < -0.39 is 0 Å². The second-order valence-electron chi connectivity index (χ2n) is 5.07. The third-order valence-electron chi connectivity index (χ3n) is 2.71. The molecule has 0 aromatic rings. The molecule has 0 fully saturated rings. The first-order valence-electron chi connectivity index (χ1n) is 7.60. The van der Waals surface area contributed by atoms with Crippen LogP contribution in [0, 0.1) is 0 Å². The zero-order valence-electron chi connectivity index (χ0n) is 13.5. The molecule has 0 aliphatic carbocycles. The van der Waals surface area contributed by atoms with Gasteiger partial charge in [-0.25, -0.2) is 0 Å². The molecular weight excluding hydrogens is 240 g/mol. The van der Waals surface area contributed by atoms with Gasteiger partial charge in [-0.05, 0) is 33.1 Å². The lowest BCUT2D eigenvalue weighted by Gasteiger charge is -2.10. The Kier molecular flexibility index (Phi) is 16.4. The molecule has 1 atom stereocenters. The zero-order chi connectivity index (χ0) is 15.1. The Morgan fingerprint density at radius 1 is 0.947 bits per heavy atom. The van der Waals surface area contributed by atoms with Crippen LogP contribution >= 0.6 is 0 Å². The van der Waals surface area contributed by atoms with Gasteiger partial charge >= 0.3 is 5.97 Å². The van der Waals surface area contributed by atoms with Crippen LogP contribution in [0.1, 0.15) is 86.0 Å². The highest BCUT2D eigenvalue weighted by Crippen LogP contribution is 2.05. The summed E-state index contributed by atoms with van der Waals surface area (Å²) >= 11 is 0. The van der Waals surface area contributed by atoms with Crippen LogP contribution in [0.4, 0.5) is 0 Å². The summed E-state index contributed by atoms with van der Waals surface area (Å²) in [7, 11) is 0. The number of esters is 1. The van der Waals surface area contributed by atoms with Gasteiger partial charge in [0, 0.05) is 13.3 Å². The average Bonchev–Trinajstić information content (AvgIpc) is 2.29. The van der Waals surface area contributed by atoms with Crippen LogP contribution in [0.15, 0.2) is 0 Å². The molecule has 0 saturated carbocycles. The van der Waals surface area contributed by atoms with E-state index in [9.17, 15) is 9.59 Å². The van der Waals surface area contributed by atoms with Crippen LogP contribution < -0.4 is 0 Å². The Bertz CT molecular complexity index is 224. The fraction of sp³-hybridized carbons (Fsp3) is 0.875. The van der Waals surface area contributed by atoms with E-state index in [1.807, 2.05) is 6.92 Å². The number of Topliss-reactive ketones (excluding diaryl/α,β-unsaturated/α-hetero) is 1. The minimum Gasteiger partial charge on any atom is -0.463 e. The van der Waals surface area contributed by atoms with E-state index in [1.54, 1.807) is 6.92 Å². The summed E-state index contributed by atoms with van der Waals surface area (Å²) in [5.74, 6) is 0.146. The molecule has 0 radical (unpaired) electrons. The standard InChI is InChI=1S/C9H18O2.C7H14O/c1-4-5-6-7-8(2)11-9(3)10;1-3-4-5-6-7(2)8/h8H,4-7H2,1-3H3;3-6H2,1-2H3/t8-;/m1./s1. The topological polar surface area (TPSA) is 43.4 Å². The van der Waals surface area contributed by atoms with Gasteiger partial charge in [0.25, 0.3) is 0 Å². The second-order valence-corrected chi connectivity index (χ2v) is 5.07. The Morgan fingerprint density at radius 2 is 1.47 bits per heavy atom. The number of hydrogen-bond donors (Lipinski definition) is 0. The van der Waals surface area contributed by atoms with Crippen LogP contribution in [0.3, 0.4) is 0 Å². The van der Waals surface area contributed by atoms with Crippen molar-refractivity contribution in [1.82, 2.24) is 0 Å². The van der Waals surface area contributed by atoms with Crippen molar-refractivity contribution < 1.29 is 14.3 Å². The Hall–Kier alpha value is -0.860. The van der Waals surface area contributed by atoms with E-state index in [2.05, 4.69) is 13.8 Å². The number of carbonyl (C=O) groups is 2. The molecule has 0 aliphatic heterocycles. The van der Waals surface area contributed by atoms with Gasteiger partial charge in [-0.3, -0.25) is 4.79 Å². The molecule has 0 spiro atoms. The average molecular weight is 272 g/mol. The predicted molar refractivity (Wildman–Crippen MR) is 80.2 cm³/mol. The summed E-state index contributed by atoms with van der Waals surface area (Å²) in [4.78, 5) is 20.8. The van der Waals surface area contributed by atoms with Gasteiger partial charge in [0.15, 0.2) is 0 Å². The molecule has 3 heteroatoms. The minimum absolute atomic E-state index is 0.0963. The maximum absolute atomic E-state index is 10.5. The monoisotopic (exact) mass is 272 g/mol. The second kappa shape index (κ2) is 15.2. The number of hydrogen-bond acceptors (Lipinski definition) is 3. The highest BCUT2D eigenvalue weighted by molar-refractivity contribution is 5.75. The highest BCUT2D eigenvalue weighted by atomic mass is 16.5. The molecule has 0 rings (SSSR count). The molecule has 0 heterocycles. The van der Waals surface area contributed by atoms with Crippen molar-refractivity contribution in [1.29, 1.82) is 0 Å². The minimum atomic E-state index is -0.172. The van der Waals surface area contributed by atoms with Crippen molar-refractivity contribution in [3.63, 3.8) is 0 Å². The maximum atomic E-state index is 10.5. The van der Waals surface area contributed by atoms with Crippen molar-refractivity contribution in [2.24, 2.45) is 0 Å². The van der Waals surface area contributed by atoms with Gasteiger partial charge in [0.2, 0.25) is 0 Å². The number of ether oxygens (including phenoxy) is 1. The summed E-state index contributed by atoms with van der Waals surface area (Å²) in [5, 5.41) is 0. The summed E-state index contributed by atoms with van der Waals surface area (Å²) in [6.45, 7) is 9.35. The molecule has 0 bridgehead atoms. The first-order chi connectivity index (χ1) is 8.93. The first kappa shape index (κ1) is 20.5. The molecule has 114 valence electrons. The van der Waals surface area contributed by atoms with E-state index in [4.69, 9.17) is 4.74 Å². The van der Waals surface area contributed by atoms with Gasteiger partial charge in [0.1, 0.15) is 5.78 Å². The lowest BCUT2D eigenvalue weighted by molar-refractivity contribution is -0.145. The summed E-state index contributed by atoms with van der Waals surface area (Å²) in [6, 6.07) is 0. The van der Waals surface area contributed by atoms with Crippen LogP contribution in [-0.2, 0) is 14.3 Å². The number of unbranched alkanes of at least 4 members (excludes halogenated alkanes) is 4. The van der Waals surface area contributed by atoms with Gasteiger partial charge in [-0.2, -0.15) is 0 Å². The third-order valence-corrected chi connectivity index (χ3v) is 2.71. The van der Waals surface area contributed by atoms with Crippen molar-refractivity contribution in [3.05, 3.63) is 0 Å². The third kappa shape index (κ3) is 22.8. The van der Waals surface area contributed by atoms with Crippen LogP contribution in [0.2, 0.25) is 0 Å². The molecule has 19 heavy (non-hydrogen) atoms. The number of rotatable bonds is 9. The van der Waals surface area contributed by atoms with Gasteiger partial charge < -0.3 is 9.53 Å². The van der Waals surface area contributed by atoms with E-state index >= 15 is 0 Å². The van der Waals surface area contributed by atoms with Gasteiger partial charge in [0.05, 0.1) is 6.10 Å². The first-order valence-corrected chi connectivity index (χ1v) is 7.60. The Morgan fingerprint density at radius 3 is 1.89 bits per heavy atom. The van der Waals surface area contributed by atoms with E-state index in [0.29, 0.717) is 5.78 Å². The van der Waals surface area contributed by atoms with Crippen molar-refractivity contribution in [2.45, 2.75) is 92.1 Å². The molecule has 0 N–H and O–H groups in total. The van der Waals surface area contributed by atoms with Crippen LogP contribution in [0.25, 0.3) is 0 Å². The normalized spacial score (nSPS) is 11.2. The SMILES string of the molecule is CCCCCC(C)=O.CCCCC[C@@H](C)OC(C)=O. The molecule has 0 aliphatic rings. The molecule has 3 nitrogen and oxygen atoms in total. The lowest BCUT2D eigenvalue weighted by Crippen LogP contribution is -2.11. The Labute approximate surface area is 119 Å². The maximum Gasteiger partial charge on any atom is 0.302 e. The Balaban J connectivity index is 0. The summed E-state index contributed by atoms with van der Waals surface area (Å²) in [5.41, 5.74) is 0. The molecule has 0 unspecified atom stereocenters. The summed E-state index contributed by atoms with van der Waals surface area (Å²) in [6.07, 6.45) is 8.93. The fourth-order valence-corrected chi connectivity index (χ4v) is 1.65. The molecular formula is C16H32O3. The molecule has 0 amide bonds. The van der Waals surface area contributed by atoms with Crippen molar-refractivity contribution in [2.75, 3.05) is 0 Å². The number of carbonyl (C=O) groups excluding carboxylic acids is 2.